The van der Waals surface area contributed by atoms with Crippen molar-refractivity contribution in [1.82, 2.24) is 4.72 Å². The zero-order chi connectivity index (χ0) is 12.5. The molecule has 1 aromatic heterocycles. The molecule has 0 radical (unpaired) electrons. The van der Waals surface area contributed by atoms with Crippen LogP contribution in [0.5, 0.6) is 0 Å². The second-order valence-corrected chi connectivity index (χ2v) is 9.18. The van der Waals surface area contributed by atoms with Crippen molar-refractivity contribution in [1.29, 1.82) is 0 Å². The molecular weight excluding hydrogens is 346 g/mol. The smallest absolute Gasteiger partial charge is 0.251 e. The van der Waals surface area contributed by atoms with Crippen molar-refractivity contribution in [2.45, 2.75) is 23.1 Å². The second kappa shape index (κ2) is 5.48. The van der Waals surface area contributed by atoms with E-state index in [0.717, 1.165) is 0 Å². The Morgan fingerprint density at radius 1 is 1.41 bits per heavy atom. The lowest BCUT2D eigenvalue weighted by Gasteiger charge is -2.22. The average Bonchev–Trinajstić information content (AvgIpc) is 2.68. The van der Waals surface area contributed by atoms with Gasteiger partial charge in [0.1, 0.15) is 4.21 Å². The van der Waals surface area contributed by atoms with Gasteiger partial charge in [-0.15, -0.1) is 11.3 Å². The normalized spacial score (nSPS) is 25.9. The molecule has 0 amide bonds. The predicted molar refractivity (Wildman–Crippen MR) is 73.2 cm³/mol. The molecule has 8 heteroatoms. The van der Waals surface area contributed by atoms with Gasteiger partial charge in [0.25, 0.3) is 10.0 Å². The Bertz CT molecular complexity index is 515. The molecule has 0 spiro atoms. The summed E-state index contributed by atoms with van der Waals surface area (Å²) < 4.78 is 38.9. The maximum Gasteiger partial charge on any atom is 0.251 e. The quantitative estimate of drug-likeness (QED) is 0.895. The third-order valence-electron chi connectivity index (χ3n) is 2.54. The van der Waals surface area contributed by atoms with Crippen molar-refractivity contribution >= 4 is 48.1 Å². The number of thiophene rings is 1. The van der Waals surface area contributed by atoms with E-state index < -0.39 is 20.8 Å². The van der Waals surface area contributed by atoms with E-state index in [4.69, 9.17) is 0 Å². The zero-order valence-corrected chi connectivity index (χ0v) is 12.9. The van der Waals surface area contributed by atoms with Gasteiger partial charge in [-0.25, -0.2) is 13.1 Å². The van der Waals surface area contributed by atoms with Gasteiger partial charge < -0.3 is 0 Å². The Balaban J connectivity index is 2.08. The van der Waals surface area contributed by atoms with Gasteiger partial charge in [-0.05, 0) is 40.2 Å². The van der Waals surface area contributed by atoms with E-state index >= 15 is 0 Å². The fourth-order valence-corrected chi connectivity index (χ4v) is 6.61. The highest BCUT2D eigenvalue weighted by atomic mass is 79.9. The van der Waals surface area contributed by atoms with Crippen LogP contribution in [0.2, 0.25) is 0 Å². The Labute approximate surface area is 115 Å². The largest absolute Gasteiger partial charge is 0.260 e. The molecule has 0 unspecified atom stereocenters. The first-order valence-electron chi connectivity index (χ1n) is 5.09. The van der Waals surface area contributed by atoms with Gasteiger partial charge in [-0.2, -0.15) is 0 Å². The van der Waals surface area contributed by atoms with Crippen LogP contribution >= 0.6 is 27.3 Å². The summed E-state index contributed by atoms with van der Waals surface area (Å²) >= 11 is 4.41. The summed E-state index contributed by atoms with van der Waals surface area (Å²) in [7, 11) is -4.21. The first kappa shape index (κ1) is 13.7. The van der Waals surface area contributed by atoms with Gasteiger partial charge >= 0.3 is 0 Å². The molecule has 1 aliphatic heterocycles. The van der Waals surface area contributed by atoms with E-state index in [2.05, 4.69) is 20.7 Å². The summed E-state index contributed by atoms with van der Waals surface area (Å²) in [4.78, 5) is 0. The van der Waals surface area contributed by atoms with Crippen LogP contribution in [0, 0.1) is 0 Å². The van der Waals surface area contributed by atoms with E-state index in [1.165, 1.54) is 11.3 Å². The van der Waals surface area contributed by atoms with Crippen molar-refractivity contribution in [3.63, 3.8) is 0 Å². The van der Waals surface area contributed by atoms with Gasteiger partial charge in [0.05, 0.1) is 0 Å². The minimum Gasteiger partial charge on any atom is -0.260 e. The molecule has 1 aliphatic rings. The molecule has 0 aromatic carbocycles. The Hall–Kier alpha value is 0.240. The second-order valence-electron chi connectivity index (χ2n) is 3.80. The number of rotatable bonds is 3. The third-order valence-corrected chi connectivity index (χ3v) is 8.11. The Morgan fingerprint density at radius 3 is 2.59 bits per heavy atom. The SMILES string of the molecule is O=S1CCC(NS(=O)(=O)c2sccc2Br)CC1. The van der Waals surface area contributed by atoms with E-state index in [9.17, 15) is 12.6 Å². The van der Waals surface area contributed by atoms with Crippen LogP contribution in [-0.2, 0) is 20.8 Å². The molecule has 2 rings (SSSR count). The average molecular weight is 358 g/mol. The van der Waals surface area contributed by atoms with E-state index in [1.54, 1.807) is 11.4 Å². The molecule has 0 aliphatic carbocycles. The number of hydrogen-bond donors (Lipinski definition) is 1. The zero-order valence-electron chi connectivity index (χ0n) is 8.89. The van der Waals surface area contributed by atoms with Crippen LogP contribution in [0.3, 0.4) is 0 Å². The molecule has 17 heavy (non-hydrogen) atoms. The summed E-state index contributed by atoms with van der Waals surface area (Å²) in [5.41, 5.74) is 0. The Morgan fingerprint density at radius 2 is 2.06 bits per heavy atom. The number of hydrogen-bond acceptors (Lipinski definition) is 4. The summed E-state index contributed by atoms with van der Waals surface area (Å²) in [5, 5.41) is 1.73. The maximum atomic E-state index is 12.1. The van der Waals surface area contributed by atoms with Crippen molar-refractivity contribution in [3.05, 3.63) is 15.9 Å². The number of nitrogens with one attached hydrogen (secondary N) is 1. The van der Waals surface area contributed by atoms with Gasteiger partial charge in [0.2, 0.25) is 0 Å². The molecule has 1 aromatic rings. The fraction of sp³-hybridized carbons (Fsp3) is 0.556. The minimum atomic E-state index is -3.44. The number of sulfonamides is 1. The first-order chi connectivity index (χ1) is 7.99. The molecule has 1 N–H and O–H groups in total. The summed E-state index contributed by atoms with van der Waals surface area (Å²) in [5.74, 6) is 1.16. The van der Waals surface area contributed by atoms with Crippen LogP contribution in [0.4, 0.5) is 0 Å². The molecule has 0 bridgehead atoms. The van der Waals surface area contributed by atoms with Crippen molar-refractivity contribution in [2.75, 3.05) is 11.5 Å². The molecule has 1 fully saturated rings. The highest BCUT2D eigenvalue weighted by Crippen LogP contribution is 2.28. The monoisotopic (exact) mass is 357 g/mol. The molecule has 0 saturated carbocycles. The lowest BCUT2D eigenvalue weighted by atomic mass is 10.2. The lowest BCUT2D eigenvalue weighted by Crippen LogP contribution is -2.39. The molecule has 1 saturated heterocycles. The molecule has 2 heterocycles. The van der Waals surface area contributed by atoms with Crippen LogP contribution in [-0.4, -0.2) is 30.2 Å². The molecular formula is C9H12BrNO3S3. The van der Waals surface area contributed by atoms with E-state index in [0.29, 0.717) is 33.0 Å². The summed E-state index contributed by atoms with van der Waals surface area (Å²) in [6, 6.07) is 1.63. The molecule has 4 nitrogen and oxygen atoms in total. The number of halogens is 1. The third kappa shape index (κ3) is 3.37. The summed E-state index contributed by atoms with van der Waals surface area (Å²) in [6.45, 7) is 0. The van der Waals surface area contributed by atoms with Crippen molar-refractivity contribution < 1.29 is 12.6 Å². The Kier molecular flexibility index (Phi) is 4.40. The highest BCUT2D eigenvalue weighted by molar-refractivity contribution is 9.10. The minimum absolute atomic E-state index is 0.0910. The van der Waals surface area contributed by atoms with Gasteiger partial charge in [0.15, 0.2) is 0 Å². The predicted octanol–water partition coefficient (Wildman–Crippen LogP) is 1.70. The lowest BCUT2D eigenvalue weighted by molar-refractivity contribution is 0.523. The van der Waals surface area contributed by atoms with Gasteiger partial charge in [0, 0.05) is 32.8 Å². The highest BCUT2D eigenvalue weighted by Gasteiger charge is 2.26. The first-order valence-corrected chi connectivity index (χ1v) is 9.74. The van der Waals surface area contributed by atoms with Crippen LogP contribution in [0.15, 0.2) is 20.1 Å². The van der Waals surface area contributed by atoms with Gasteiger partial charge in [-0.3, -0.25) is 4.21 Å². The maximum absolute atomic E-state index is 12.1. The molecule has 0 atom stereocenters. The molecule has 96 valence electrons. The summed E-state index contributed by atoms with van der Waals surface area (Å²) in [6.07, 6.45) is 1.30. The van der Waals surface area contributed by atoms with Crippen LogP contribution < -0.4 is 4.72 Å². The van der Waals surface area contributed by atoms with Gasteiger partial charge in [-0.1, -0.05) is 0 Å². The van der Waals surface area contributed by atoms with E-state index in [1.807, 2.05) is 0 Å². The van der Waals surface area contributed by atoms with Crippen molar-refractivity contribution in [3.8, 4) is 0 Å². The van der Waals surface area contributed by atoms with Crippen LogP contribution in [0.1, 0.15) is 12.8 Å². The van der Waals surface area contributed by atoms with Crippen molar-refractivity contribution in [2.24, 2.45) is 0 Å². The topological polar surface area (TPSA) is 63.2 Å². The standard InChI is InChI=1S/C9H12BrNO3S3/c10-8-1-4-15-9(8)17(13,14)11-7-2-5-16(12)6-3-7/h1,4,7,11H,2-3,5-6H2. The fourth-order valence-electron chi connectivity index (χ4n) is 1.66. The van der Waals surface area contributed by atoms with Crippen LogP contribution in [0.25, 0.3) is 0 Å². The van der Waals surface area contributed by atoms with E-state index in [-0.39, 0.29) is 6.04 Å².